The maximum Gasteiger partial charge on any atom is 0.416 e. The van der Waals surface area contributed by atoms with E-state index in [9.17, 15) is 23.1 Å². The number of nitrogens with zero attached hydrogens (tertiary/aromatic N) is 3. The topological polar surface area (TPSA) is 84.8 Å². The highest BCUT2D eigenvalue weighted by Crippen LogP contribution is 2.30. The van der Waals surface area contributed by atoms with Gasteiger partial charge < -0.3 is 19.5 Å². The Bertz CT molecular complexity index is 752. The SMILES string of the molecule is COC(=O)c1cnc(N(C)C[C@H](O)COc2ccc(C(F)(F)F)cc2)nc1. The Morgan fingerprint density at radius 3 is 2.33 bits per heavy atom. The molecule has 0 amide bonds. The number of esters is 1. The number of aliphatic hydroxyl groups excluding tert-OH is 1. The summed E-state index contributed by atoms with van der Waals surface area (Å²) in [6.45, 7) is -0.0197. The molecule has 0 bridgehead atoms. The van der Waals surface area contributed by atoms with Crippen LogP contribution < -0.4 is 9.64 Å². The molecule has 0 aliphatic heterocycles. The second-order valence-corrected chi connectivity index (χ2v) is 5.63. The quantitative estimate of drug-likeness (QED) is 0.731. The Morgan fingerprint density at radius 1 is 1.22 bits per heavy atom. The Balaban J connectivity index is 1.86. The minimum atomic E-state index is -4.41. The van der Waals surface area contributed by atoms with E-state index in [1.807, 2.05) is 0 Å². The van der Waals surface area contributed by atoms with Crippen LogP contribution in [0.25, 0.3) is 0 Å². The van der Waals surface area contributed by atoms with Gasteiger partial charge in [-0.1, -0.05) is 0 Å². The highest BCUT2D eigenvalue weighted by atomic mass is 19.4. The van der Waals surface area contributed by atoms with E-state index in [2.05, 4.69) is 14.7 Å². The Labute approximate surface area is 153 Å². The molecule has 0 saturated carbocycles. The molecule has 27 heavy (non-hydrogen) atoms. The normalized spacial score (nSPS) is 12.4. The van der Waals surface area contributed by atoms with Crippen LogP contribution in [0, 0.1) is 0 Å². The number of rotatable bonds is 7. The van der Waals surface area contributed by atoms with Crippen LogP contribution in [0.3, 0.4) is 0 Å². The fourth-order valence-electron chi connectivity index (χ4n) is 2.12. The van der Waals surface area contributed by atoms with Crippen LogP contribution in [0.15, 0.2) is 36.7 Å². The van der Waals surface area contributed by atoms with Crippen molar-refractivity contribution in [3.05, 3.63) is 47.8 Å². The summed E-state index contributed by atoms with van der Waals surface area (Å²) in [6.07, 6.45) is -2.75. The molecule has 1 atom stereocenters. The van der Waals surface area contributed by atoms with Gasteiger partial charge in [-0.15, -0.1) is 0 Å². The molecule has 2 aromatic rings. The summed E-state index contributed by atoms with van der Waals surface area (Å²) in [5, 5.41) is 10.0. The van der Waals surface area contributed by atoms with Crippen LogP contribution in [-0.2, 0) is 10.9 Å². The van der Waals surface area contributed by atoms with Gasteiger partial charge >= 0.3 is 12.1 Å². The van der Waals surface area contributed by atoms with E-state index in [4.69, 9.17) is 4.74 Å². The number of anilines is 1. The Hall–Kier alpha value is -2.88. The molecule has 0 spiro atoms. The minimum Gasteiger partial charge on any atom is -0.491 e. The molecular weight excluding hydrogens is 367 g/mol. The molecular formula is C17H18F3N3O4. The Morgan fingerprint density at radius 2 is 1.81 bits per heavy atom. The highest BCUT2D eigenvalue weighted by Gasteiger charge is 2.30. The average molecular weight is 385 g/mol. The molecule has 146 valence electrons. The first kappa shape index (κ1) is 20.4. The van der Waals surface area contributed by atoms with Gasteiger partial charge in [0.25, 0.3) is 0 Å². The second-order valence-electron chi connectivity index (χ2n) is 5.63. The number of alkyl halides is 3. The van der Waals surface area contributed by atoms with Crippen molar-refractivity contribution in [2.45, 2.75) is 12.3 Å². The van der Waals surface area contributed by atoms with E-state index in [1.54, 1.807) is 11.9 Å². The van der Waals surface area contributed by atoms with Crippen LogP contribution in [0.2, 0.25) is 0 Å². The zero-order chi connectivity index (χ0) is 20.0. The first-order chi connectivity index (χ1) is 12.7. The number of aliphatic hydroxyl groups is 1. The predicted octanol–water partition coefficient (Wildman–Crippen LogP) is 2.16. The van der Waals surface area contributed by atoms with E-state index < -0.39 is 23.8 Å². The summed E-state index contributed by atoms with van der Waals surface area (Å²) in [6, 6.07) is 4.19. The third kappa shape index (κ3) is 5.81. The first-order valence-electron chi connectivity index (χ1n) is 7.80. The molecule has 0 aliphatic carbocycles. The van der Waals surface area contributed by atoms with Gasteiger partial charge in [0.1, 0.15) is 18.5 Å². The fourth-order valence-corrected chi connectivity index (χ4v) is 2.12. The number of carbonyl (C=O) groups is 1. The molecule has 2 rings (SSSR count). The Kier molecular flexibility index (Phi) is 6.56. The number of methoxy groups -OCH3 is 1. The van der Waals surface area contributed by atoms with Crippen LogP contribution in [-0.4, -0.2) is 54.5 Å². The summed E-state index contributed by atoms with van der Waals surface area (Å²) in [4.78, 5) is 20.9. The third-order valence-corrected chi connectivity index (χ3v) is 3.51. The molecule has 0 fully saturated rings. The lowest BCUT2D eigenvalue weighted by molar-refractivity contribution is -0.137. The largest absolute Gasteiger partial charge is 0.491 e. The zero-order valence-electron chi connectivity index (χ0n) is 14.6. The zero-order valence-corrected chi connectivity index (χ0v) is 14.6. The van der Waals surface area contributed by atoms with E-state index in [0.29, 0.717) is 0 Å². The first-order valence-corrected chi connectivity index (χ1v) is 7.80. The molecule has 0 aliphatic rings. The van der Waals surface area contributed by atoms with Gasteiger partial charge in [-0.25, -0.2) is 14.8 Å². The maximum absolute atomic E-state index is 12.5. The van der Waals surface area contributed by atoms with Gasteiger partial charge in [-0.05, 0) is 24.3 Å². The van der Waals surface area contributed by atoms with Crippen molar-refractivity contribution in [3.63, 3.8) is 0 Å². The maximum atomic E-state index is 12.5. The number of carbonyl (C=O) groups excluding carboxylic acids is 1. The molecule has 1 aromatic carbocycles. The number of ether oxygens (including phenoxy) is 2. The molecule has 1 heterocycles. The standard InChI is InChI=1S/C17H18F3N3O4/c1-23(16-21-7-11(8-22-16)15(25)26-2)9-13(24)10-27-14-5-3-12(4-6-14)17(18,19)20/h3-8,13,24H,9-10H2,1-2H3/t13-/m0/s1. The summed E-state index contributed by atoms with van der Waals surface area (Å²) in [5.41, 5.74) is -0.580. The average Bonchev–Trinajstić information content (AvgIpc) is 2.65. The molecule has 1 N–H and O–H groups in total. The van der Waals surface area contributed by atoms with Crippen LogP contribution in [0.1, 0.15) is 15.9 Å². The summed E-state index contributed by atoms with van der Waals surface area (Å²) in [7, 11) is 2.88. The van der Waals surface area contributed by atoms with Gasteiger partial charge in [0.05, 0.1) is 18.2 Å². The van der Waals surface area contributed by atoms with Gasteiger partial charge in [0.15, 0.2) is 0 Å². The molecule has 0 radical (unpaired) electrons. The number of hydrogen-bond acceptors (Lipinski definition) is 7. The van der Waals surface area contributed by atoms with Gasteiger partial charge in [0, 0.05) is 26.0 Å². The van der Waals surface area contributed by atoms with E-state index in [-0.39, 0.29) is 30.4 Å². The lowest BCUT2D eigenvalue weighted by Crippen LogP contribution is -2.34. The van der Waals surface area contributed by atoms with Gasteiger partial charge in [-0.2, -0.15) is 13.2 Å². The highest BCUT2D eigenvalue weighted by molar-refractivity contribution is 5.88. The minimum absolute atomic E-state index is 0.109. The molecule has 10 heteroatoms. The van der Waals surface area contributed by atoms with Crippen molar-refractivity contribution in [2.75, 3.05) is 32.2 Å². The van der Waals surface area contributed by atoms with Crippen molar-refractivity contribution in [3.8, 4) is 5.75 Å². The number of hydrogen-bond donors (Lipinski definition) is 1. The fraction of sp³-hybridized carbons (Fsp3) is 0.353. The van der Waals surface area contributed by atoms with Crippen molar-refractivity contribution < 1.29 is 32.5 Å². The predicted molar refractivity (Wildman–Crippen MR) is 89.6 cm³/mol. The molecule has 0 unspecified atom stereocenters. The van der Waals surface area contributed by atoms with Crippen molar-refractivity contribution in [2.24, 2.45) is 0 Å². The lowest BCUT2D eigenvalue weighted by Gasteiger charge is -2.21. The molecule has 1 aromatic heterocycles. The second kappa shape index (κ2) is 8.67. The van der Waals surface area contributed by atoms with E-state index in [0.717, 1.165) is 12.1 Å². The van der Waals surface area contributed by atoms with E-state index >= 15 is 0 Å². The third-order valence-electron chi connectivity index (χ3n) is 3.51. The number of benzene rings is 1. The van der Waals surface area contributed by atoms with Crippen molar-refractivity contribution in [1.29, 1.82) is 0 Å². The lowest BCUT2D eigenvalue weighted by atomic mass is 10.2. The van der Waals surface area contributed by atoms with Crippen LogP contribution in [0.4, 0.5) is 19.1 Å². The number of halogens is 3. The van der Waals surface area contributed by atoms with E-state index in [1.165, 1.54) is 31.6 Å². The summed E-state index contributed by atoms with van der Waals surface area (Å²) < 4.78 is 47.4. The monoisotopic (exact) mass is 385 g/mol. The summed E-state index contributed by atoms with van der Waals surface area (Å²) >= 11 is 0. The van der Waals surface area contributed by atoms with Crippen LogP contribution >= 0.6 is 0 Å². The smallest absolute Gasteiger partial charge is 0.416 e. The van der Waals surface area contributed by atoms with Gasteiger partial charge in [-0.3, -0.25) is 0 Å². The molecule has 7 nitrogen and oxygen atoms in total. The number of aromatic nitrogens is 2. The number of likely N-dealkylation sites (N-methyl/N-ethyl adjacent to an activating group) is 1. The molecule has 0 saturated heterocycles. The van der Waals surface area contributed by atoms with Gasteiger partial charge in [0.2, 0.25) is 5.95 Å². The van der Waals surface area contributed by atoms with Crippen molar-refractivity contribution >= 4 is 11.9 Å². The summed E-state index contributed by atoms with van der Waals surface area (Å²) in [5.74, 6) is -0.0752. The van der Waals surface area contributed by atoms with Crippen molar-refractivity contribution in [1.82, 2.24) is 9.97 Å². The van der Waals surface area contributed by atoms with Crippen LogP contribution in [0.5, 0.6) is 5.75 Å².